The minimum absolute atomic E-state index is 0.0811. The summed E-state index contributed by atoms with van der Waals surface area (Å²) < 4.78 is 0. The summed E-state index contributed by atoms with van der Waals surface area (Å²) in [5.41, 5.74) is 0. The lowest BCUT2D eigenvalue weighted by Crippen LogP contribution is -2.43. The van der Waals surface area contributed by atoms with Crippen molar-refractivity contribution >= 4 is 23.6 Å². The van der Waals surface area contributed by atoms with Crippen molar-refractivity contribution in [3.8, 4) is 0 Å². The maximum Gasteiger partial charge on any atom is 0.307 e. The molecule has 17 heavy (non-hydrogen) atoms. The van der Waals surface area contributed by atoms with Gasteiger partial charge in [0.25, 0.3) is 0 Å². The molecule has 0 aliphatic carbocycles. The number of amides is 1. The summed E-state index contributed by atoms with van der Waals surface area (Å²) in [6.45, 7) is 9.61. The number of carboxylic acids is 1. The van der Waals surface area contributed by atoms with Crippen LogP contribution in [-0.2, 0) is 9.59 Å². The Balaban J connectivity index is 4.12. The second kappa shape index (κ2) is 7.58. The molecule has 0 aliphatic heterocycles. The predicted octanol–water partition coefficient (Wildman–Crippen LogP) is 2.09. The van der Waals surface area contributed by atoms with Crippen LogP contribution >= 0.6 is 11.8 Å². The molecule has 0 radical (unpaired) electrons. The molecule has 0 spiro atoms. The fourth-order valence-corrected chi connectivity index (χ4v) is 2.58. The molecule has 1 N–H and O–H groups in total. The Bertz CT molecular complexity index is 258. The van der Waals surface area contributed by atoms with Gasteiger partial charge in [0.15, 0.2) is 0 Å². The number of carbonyl (C=O) groups is 2. The molecule has 0 aliphatic rings. The van der Waals surface area contributed by atoms with E-state index in [2.05, 4.69) is 0 Å². The summed E-state index contributed by atoms with van der Waals surface area (Å²) in [5, 5.41) is 8.72. The first-order valence-corrected chi connectivity index (χ1v) is 7.04. The molecule has 1 unspecified atom stereocenters. The average Bonchev–Trinajstić information content (AvgIpc) is 2.15. The van der Waals surface area contributed by atoms with Crippen molar-refractivity contribution < 1.29 is 14.7 Å². The van der Waals surface area contributed by atoms with Gasteiger partial charge in [0.1, 0.15) is 0 Å². The molecule has 0 fully saturated rings. The van der Waals surface area contributed by atoms with E-state index >= 15 is 0 Å². The van der Waals surface area contributed by atoms with Crippen LogP contribution < -0.4 is 0 Å². The number of carbonyl (C=O) groups excluding carboxylic acids is 1. The SMILES string of the molecule is CC(CSCC(=O)N(C(C)C)C(C)C)C(=O)O. The number of carboxylic acid groups (broad SMARTS) is 1. The third-order valence-electron chi connectivity index (χ3n) is 2.42. The Morgan fingerprint density at radius 2 is 1.59 bits per heavy atom. The minimum atomic E-state index is -0.811. The Hall–Kier alpha value is -0.710. The lowest BCUT2D eigenvalue weighted by molar-refractivity contribution is -0.140. The van der Waals surface area contributed by atoms with Crippen LogP contribution in [0, 0.1) is 5.92 Å². The van der Waals surface area contributed by atoms with E-state index in [-0.39, 0.29) is 18.0 Å². The van der Waals surface area contributed by atoms with Crippen LogP contribution in [0.3, 0.4) is 0 Å². The van der Waals surface area contributed by atoms with Crippen LogP contribution in [0.5, 0.6) is 0 Å². The zero-order valence-electron chi connectivity index (χ0n) is 11.3. The third kappa shape index (κ3) is 5.96. The molecule has 4 nitrogen and oxygen atoms in total. The van der Waals surface area contributed by atoms with Crippen LogP contribution in [0.2, 0.25) is 0 Å². The highest BCUT2D eigenvalue weighted by molar-refractivity contribution is 7.99. The van der Waals surface area contributed by atoms with E-state index < -0.39 is 11.9 Å². The molecule has 0 rings (SSSR count). The van der Waals surface area contributed by atoms with Crippen molar-refractivity contribution in [2.75, 3.05) is 11.5 Å². The number of aliphatic carboxylic acids is 1. The molecule has 0 aromatic carbocycles. The van der Waals surface area contributed by atoms with Gasteiger partial charge in [-0.15, -0.1) is 0 Å². The Labute approximate surface area is 108 Å². The molecular formula is C12H23NO3S. The fraction of sp³-hybridized carbons (Fsp3) is 0.833. The summed E-state index contributed by atoms with van der Waals surface area (Å²) in [4.78, 5) is 24.4. The van der Waals surface area contributed by atoms with Gasteiger partial charge < -0.3 is 10.0 Å². The number of thioether (sulfide) groups is 1. The molecule has 0 saturated heterocycles. The van der Waals surface area contributed by atoms with Crippen molar-refractivity contribution in [1.29, 1.82) is 0 Å². The summed E-state index contributed by atoms with van der Waals surface area (Å²) in [6, 6.07) is 0.361. The van der Waals surface area contributed by atoms with Crippen LogP contribution in [-0.4, -0.2) is 45.5 Å². The highest BCUT2D eigenvalue weighted by atomic mass is 32.2. The van der Waals surface area contributed by atoms with Crippen LogP contribution in [0.25, 0.3) is 0 Å². The quantitative estimate of drug-likeness (QED) is 0.762. The van der Waals surface area contributed by atoms with Crippen molar-refractivity contribution in [1.82, 2.24) is 4.90 Å². The molecule has 1 atom stereocenters. The standard InChI is InChI=1S/C12H23NO3S/c1-8(2)13(9(3)4)11(14)7-17-6-10(5)12(15)16/h8-10H,6-7H2,1-5H3,(H,15,16). The summed E-state index contributed by atoms with van der Waals surface area (Å²) in [7, 11) is 0. The van der Waals surface area contributed by atoms with Gasteiger partial charge in [-0.3, -0.25) is 9.59 Å². The van der Waals surface area contributed by atoms with Gasteiger partial charge in [-0.1, -0.05) is 6.92 Å². The molecule has 100 valence electrons. The van der Waals surface area contributed by atoms with E-state index in [0.29, 0.717) is 11.5 Å². The first-order chi connectivity index (χ1) is 7.77. The third-order valence-corrected chi connectivity index (χ3v) is 3.60. The van der Waals surface area contributed by atoms with E-state index in [1.165, 1.54) is 11.8 Å². The monoisotopic (exact) mass is 261 g/mol. The van der Waals surface area contributed by atoms with E-state index in [4.69, 9.17) is 5.11 Å². The Morgan fingerprint density at radius 1 is 1.12 bits per heavy atom. The van der Waals surface area contributed by atoms with Crippen molar-refractivity contribution in [2.24, 2.45) is 5.92 Å². The first kappa shape index (κ1) is 16.3. The number of hydrogen-bond donors (Lipinski definition) is 1. The summed E-state index contributed by atoms with van der Waals surface area (Å²) >= 11 is 1.39. The first-order valence-electron chi connectivity index (χ1n) is 5.89. The normalized spacial score (nSPS) is 12.9. The summed E-state index contributed by atoms with van der Waals surface area (Å²) in [6.07, 6.45) is 0. The molecule has 0 heterocycles. The average molecular weight is 261 g/mol. The van der Waals surface area contributed by atoms with Crippen LogP contribution in [0.1, 0.15) is 34.6 Å². The lowest BCUT2D eigenvalue weighted by atomic mass is 10.2. The van der Waals surface area contributed by atoms with Crippen molar-refractivity contribution in [2.45, 2.75) is 46.7 Å². The lowest BCUT2D eigenvalue weighted by Gasteiger charge is -2.30. The fourth-order valence-electron chi connectivity index (χ4n) is 1.64. The molecule has 0 aromatic heterocycles. The van der Waals surface area contributed by atoms with E-state index in [1.807, 2.05) is 32.6 Å². The van der Waals surface area contributed by atoms with Gasteiger partial charge in [-0.2, -0.15) is 11.8 Å². The Kier molecular flexibility index (Phi) is 7.27. The van der Waals surface area contributed by atoms with Gasteiger partial charge in [-0.05, 0) is 27.7 Å². The highest BCUT2D eigenvalue weighted by Crippen LogP contribution is 2.12. The Morgan fingerprint density at radius 3 is 1.94 bits per heavy atom. The van der Waals surface area contributed by atoms with Crippen molar-refractivity contribution in [3.63, 3.8) is 0 Å². The zero-order valence-corrected chi connectivity index (χ0v) is 12.1. The molecule has 0 bridgehead atoms. The second-order valence-corrected chi connectivity index (χ2v) is 5.77. The van der Waals surface area contributed by atoms with Gasteiger partial charge in [-0.25, -0.2) is 0 Å². The van der Waals surface area contributed by atoms with E-state index in [9.17, 15) is 9.59 Å². The van der Waals surface area contributed by atoms with Crippen molar-refractivity contribution in [3.05, 3.63) is 0 Å². The molecule has 5 heteroatoms. The van der Waals surface area contributed by atoms with E-state index in [1.54, 1.807) is 6.92 Å². The molecular weight excluding hydrogens is 238 g/mol. The van der Waals surface area contributed by atoms with Crippen LogP contribution in [0.4, 0.5) is 0 Å². The number of rotatable bonds is 7. The van der Waals surface area contributed by atoms with Crippen LogP contribution in [0.15, 0.2) is 0 Å². The van der Waals surface area contributed by atoms with Gasteiger partial charge in [0, 0.05) is 17.8 Å². The molecule has 0 aromatic rings. The summed E-state index contributed by atoms with van der Waals surface area (Å²) in [5.74, 6) is -0.300. The predicted molar refractivity (Wildman–Crippen MR) is 71.2 cm³/mol. The smallest absolute Gasteiger partial charge is 0.307 e. The molecule has 0 saturated carbocycles. The maximum absolute atomic E-state index is 11.9. The second-order valence-electron chi connectivity index (χ2n) is 4.74. The zero-order chi connectivity index (χ0) is 13.6. The topological polar surface area (TPSA) is 57.6 Å². The minimum Gasteiger partial charge on any atom is -0.481 e. The number of hydrogen-bond acceptors (Lipinski definition) is 3. The largest absolute Gasteiger partial charge is 0.481 e. The van der Waals surface area contributed by atoms with Gasteiger partial charge >= 0.3 is 5.97 Å². The number of nitrogens with zero attached hydrogens (tertiary/aromatic N) is 1. The molecule has 1 amide bonds. The van der Waals surface area contributed by atoms with E-state index in [0.717, 1.165) is 0 Å². The maximum atomic E-state index is 11.9. The van der Waals surface area contributed by atoms with Gasteiger partial charge in [0.05, 0.1) is 11.7 Å². The van der Waals surface area contributed by atoms with Gasteiger partial charge in [0.2, 0.25) is 5.91 Å². The highest BCUT2D eigenvalue weighted by Gasteiger charge is 2.20.